The van der Waals surface area contributed by atoms with Crippen molar-refractivity contribution in [3.8, 4) is 0 Å². The maximum Gasteiger partial charge on any atom is 0.270 e. The highest BCUT2D eigenvalue weighted by atomic mass is 16.6. The average Bonchev–Trinajstić information content (AvgIpc) is 2.59. The normalized spacial score (nSPS) is 14.9. The number of carbonyl (C=O) groups excluding carboxylic acids is 2. The van der Waals surface area contributed by atoms with E-state index in [-0.39, 0.29) is 23.8 Å². The molecule has 0 fully saturated rings. The summed E-state index contributed by atoms with van der Waals surface area (Å²) in [6.45, 7) is 0.578. The van der Waals surface area contributed by atoms with Crippen LogP contribution >= 0.6 is 0 Å². The van der Waals surface area contributed by atoms with Crippen LogP contribution in [0.4, 0.5) is 5.69 Å². The van der Waals surface area contributed by atoms with E-state index in [2.05, 4.69) is 0 Å². The van der Waals surface area contributed by atoms with E-state index in [9.17, 15) is 19.7 Å². The molecule has 0 spiro atoms. The zero-order valence-corrected chi connectivity index (χ0v) is 13.5. The molecule has 2 amide bonds. The molecule has 8 heteroatoms. The highest BCUT2D eigenvalue weighted by Gasteiger charge is 2.34. The summed E-state index contributed by atoms with van der Waals surface area (Å²) in [5, 5.41) is 12.1. The van der Waals surface area contributed by atoms with Gasteiger partial charge < -0.3 is 11.5 Å². The second-order valence-electron chi connectivity index (χ2n) is 6.04. The van der Waals surface area contributed by atoms with Crippen molar-refractivity contribution in [2.24, 2.45) is 11.5 Å². The molecule has 1 aliphatic rings. The summed E-state index contributed by atoms with van der Waals surface area (Å²) < 4.78 is 0. The Kier molecular flexibility index (Phi) is 4.47. The predicted molar refractivity (Wildman–Crippen MR) is 92.2 cm³/mol. The lowest BCUT2D eigenvalue weighted by molar-refractivity contribution is -0.384. The summed E-state index contributed by atoms with van der Waals surface area (Å²) in [4.78, 5) is 37.2. The number of rotatable bonds is 6. The lowest BCUT2D eigenvalue weighted by atomic mass is 9.93. The van der Waals surface area contributed by atoms with Crippen molar-refractivity contribution in [3.05, 3.63) is 51.6 Å². The second kappa shape index (κ2) is 6.58. The molecule has 8 nitrogen and oxygen atoms in total. The molecule has 130 valence electrons. The van der Waals surface area contributed by atoms with E-state index in [1.807, 2.05) is 0 Å². The Balaban J connectivity index is 2.04. The van der Waals surface area contributed by atoms with Gasteiger partial charge in [0.15, 0.2) is 0 Å². The third-order valence-corrected chi connectivity index (χ3v) is 4.38. The molecule has 1 heterocycles. The quantitative estimate of drug-likeness (QED) is 0.463. The summed E-state index contributed by atoms with van der Waals surface area (Å²) >= 11 is 0. The van der Waals surface area contributed by atoms with Gasteiger partial charge in [-0.1, -0.05) is 12.1 Å². The number of nitrogens with two attached hydrogens (primary N) is 2. The number of nitro benzene ring substituents is 1. The zero-order chi connectivity index (χ0) is 18.1. The molecular weight excluding hydrogens is 324 g/mol. The van der Waals surface area contributed by atoms with Gasteiger partial charge in [-0.3, -0.25) is 24.6 Å². The van der Waals surface area contributed by atoms with E-state index in [0.29, 0.717) is 35.7 Å². The standard InChI is InChI=1S/C17H18N4O4/c18-6-4-11(19)5-7-20-16(22)13-3-1-2-10-8-12(21(24)25)9-14(15(10)13)17(20)23/h1-3,8-9,11H,4-7,18-19H2. The molecule has 0 radical (unpaired) electrons. The van der Waals surface area contributed by atoms with Crippen LogP contribution in [-0.4, -0.2) is 40.8 Å². The minimum atomic E-state index is -0.548. The molecule has 1 atom stereocenters. The number of imide groups is 1. The van der Waals surface area contributed by atoms with Crippen LogP contribution in [0.3, 0.4) is 0 Å². The number of amides is 2. The fourth-order valence-corrected chi connectivity index (χ4v) is 3.10. The van der Waals surface area contributed by atoms with Crippen LogP contribution in [0.25, 0.3) is 10.8 Å². The zero-order valence-electron chi connectivity index (χ0n) is 13.5. The first kappa shape index (κ1) is 17.0. The van der Waals surface area contributed by atoms with Crippen molar-refractivity contribution >= 4 is 28.3 Å². The number of hydrogen-bond acceptors (Lipinski definition) is 6. The fraction of sp³-hybridized carbons (Fsp3) is 0.294. The highest BCUT2D eigenvalue weighted by Crippen LogP contribution is 2.33. The fourth-order valence-electron chi connectivity index (χ4n) is 3.10. The molecule has 4 N–H and O–H groups in total. The van der Waals surface area contributed by atoms with Gasteiger partial charge >= 0.3 is 0 Å². The highest BCUT2D eigenvalue weighted by molar-refractivity contribution is 6.25. The maximum atomic E-state index is 12.8. The summed E-state index contributed by atoms with van der Waals surface area (Å²) in [5.74, 6) is -0.936. The Labute approximate surface area is 143 Å². The molecule has 0 aromatic heterocycles. The third kappa shape index (κ3) is 2.97. The van der Waals surface area contributed by atoms with Crippen LogP contribution in [-0.2, 0) is 0 Å². The van der Waals surface area contributed by atoms with Crippen LogP contribution in [0.2, 0.25) is 0 Å². The van der Waals surface area contributed by atoms with E-state index in [1.165, 1.54) is 12.1 Å². The SMILES string of the molecule is NCCC(N)CCN1C(=O)c2cccc3cc([N+](=O)[O-])cc(c23)C1=O. The molecule has 2 aromatic carbocycles. The van der Waals surface area contributed by atoms with Gasteiger partial charge in [0.2, 0.25) is 0 Å². The van der Waals surface area contributed by atoms with Gasteiger partial charge in [-0.2, -0.15) is 0 Å². The molecule has 1 unspecified atom stereocenters. The average molecular weight is 342 g/mol. The molecule has 2 aromatic rings. The van der Waals surface area contributed by atoms with E-state index >= 15 is 0 Å². The van der Waals surface area contributed by atoms with Crippen LogP contribution < -0.4 is 11.5 Å². The predicted octanol–water partition coefficient (Wildman–Crippen LogP) is 1.41. The monoisotopic (exact) mass is 342 g/mol. The minimum Gasteiger partial charge on any atom is -0.330 e. The first-order chi connectivity index (χ1) is 11.9. The van der Waals surface area contributed by atoms with Gasteiger partial charge in [0, 0.05) is 35.7 Å². The Bertz CT molecular complexity index is 880. The largest absolute Gasteiger partial charge is 0.330 e. The minimum absolute atomic E-state index is 0.150. The molecular formula is C17H18N4O4. The van der Waals surface area contributed by atoms with E-state index in [4.69, 9.17) is 11.5 Å². The summed E-state index contributed by atoms with van der Waals surface area (Å²) in [5.41, 5.74) is 11.7. The lowest BCUT2D eigenvalue weighted by Crippen LogP contribution is -2.42. The maximum absolute atomic E-state index is 12.8. The summed E-state index contributed by atoms with van der Waals surface area (Å²) in [6.07, 6.45) is 1.02. The molecule has 0 saturated carbocycles. The number of benzene rings is 2. The number of non-ortho nitro benzene ring substituents is 1. The van der Waals surface area contributed by atoms with Gasteiger partial charge in [0.25, 0.3) is 17.5 Å². The van der Waals surface area contributed by atoms with Crippen LogP contribution in [0.1, 0.15) is 33.6 Å². The van der Waals surface area contributed by atoms with Crippen molar-refractivity contribution in [2.75, 3.05) is 13.1 Å². The molecule has 3 rings (SSSR count). The van der Waals surface area contributed by atoms with E-state index < -0.39 is 16.7 Å². The van der Waals surface area contributed by atoms with Gasteiger partial charge in [0.05, 0.1) is 10.5 Å². The van der Waals surface area contributed by atoms with Gasteiger partial charge in [-0.25, -0.2) is 0 Å². The second-order valence-corrected chi connectivity index (χ2v) is 6.04. The number of carbonyl (C=O) groups is 2. The number of nitro groups is 1. The van der Waals surface area contributed by atoms with Gasteiger partial charge in [-0.05, 0) is 30.8 Å². The van der Waals surface area contributed by atoms with Crippen molar-refractivity contribution < 1.29 is 14.5 Å². The molecule has 25 heavy (non-hydrogen) atoms. The first-order valence-electron chi connectivity index (χ1n) is 7.97. The third-order valence-electron chi connectivity index (χ3n) is 4.38. The Morgan fingerprint density at radius 2 is 1.84 bits per heavy atom. The Hall–Kier alpha value is -2.84. The van der Waals surface area contributed by atoms with Crippen LogP contribution in [0.15, 0.2) is 30.3 Å². The first-order valence-corrected chi connectivity index (χ1v) is 7.97. The summed E-state index contributed by atoms with van der Waals surface area (Å²) in [6, 6.07) is 7.32. The van der Waals surface area contributed by atoms with Gasteiger partial charge in [-0.15, -0.1) is 0 Å². The smallest absolute Gasteiger partial charge is 0.270 e. The Morgan fingerprint density at radius 3 is 2.52 bits per heavy atom. The molecule has 1 aliphatic heterocycles. The van der Waals surface area contributed by atoms with E-state index in [1.54, 1.807) is 18.2 Å². The molecule has 0 saturated heterocycles. The molecule has 0 aliphatic carbocycles. The Morgan fingerprint density at radius 1 is 1.12 bits per heavy atom. The molecule has 0 bridgehead atoms. The summed E-state index contributed by atoms with van der Waals surface area (Å²) in [7, 11) is 0. The van der Waals surface area contributed by atoms with Crippen molar-refractivity contribution in [2.45, 2.75) is 18.9 Å². The van der Waals surface area contributed by atoms with Crippen molar-refractivity contribution in [1.82, 2.24) is 4.90 Å². The number of nitrogens with zero attached hydrogens (tertiary/aromatic N) is 2. The topological polar surface area (TPSA) is 133 Å². The van der Waals surface area contributed by atoms with Crippen molar-refractivity contribution in [3.63, 3.8) is 0 Å². The lowest BCUT2D eigenvalue weighted by Gasteiger charge is -2.28. The van der Waals surface area contributed by atoms with Crippen LogP contribution in [0, 0.1) is 10.1 Å². The van der Waals surface area contributed by atoms with E-state index in [0.717, 1.165) is 4.90 Å². The van der Waals surface area contributed by atoms with Crippen molar-refractivity contribution in [1.29, 1.82) is 0 Å². The van der Waals surface area contributed by atoms with Gasteiger partial charge in [0.1, 0.15) is 0 Å². The van der Waals surface area contributed by atoms with Crippen LogP contribution in [0.5, 0.6) is 0 Å². The number of hydrogen-bond donors (Lipinski definition) is 2.